The molecule has 4 radical (unpaired) electrons. The summed E-state index contributed by atoms with van der Waals surface area (Å²) in [5.41, 5.74) is 32.1. The molecule has 0 atom stereocenters. The first kappa shape index (κ1) is 80.1. The van der Waals surface area contributed by atoms with Gasteiger partial charge in [0, 0.05) is 112 Å². The highest BCUT2D eigenvalue weighted by molar-refractivity contribution is 9.10. The van der Waals surface area contributed by atoms with Gasteiger partial charge in [0.2, 0.25) is 0 Å². The number of allylic oxidation sites excluding steroid dienone is 2. The van der Waals surface area contributed by atoms with Crippen LogP contribution in [0.1, 0.15) is 49.9 Å². The number of fused-ring (bicyclic) bond motifs is 14. The van der Waals surface area contributed by atoms with E-state index in [1.807, 2.05) is 48.5 Å². The van der Waals surface area contributed by atoms with E-state index >= 15 is 0 Å². The SMILES string of the molecule is CC1(C)c2ccccc2-c2ccc(N(c3ccc(-c4ccc5c(c4)c4ccccc4n5-c4ccccc4)cc3)c3ccc(-c4cccc5ccccc45)cc3)cc21.CC1(C)c2ccccc2-c2ccc(N(c3ccc(Br)cc3)c3ccc(-c4cccc5c4=CC=C[C+]=5)cc3)cc21.OB(O)c1ccc2c(c1)c1ccccc1n2-c1ccccc1.[B]P([B])(=N)CF. The van der Waals surface area contributed by atoms with Gasteiger partial charge in [-0.25, -0.2) is 4.39 Å². The first-order valence-electron chi connectivity index (χ1n) is 41.7. The van der Waals surface area contributed by atoms with Crippen molar-refractivity contribution >= 4 is 151 Å². The third-order valence-electron chi connectivity index (χ3n) is 24.5. The lowest BCUT2D eigenvalue weighted by atomic mass is 9.80. The summed E-state index contributed by atoms with van der Waals surface area (Å²) in [6.07, 6.45) is 8.67. The summed E-state index contributed by atoms with van der Waals surface area (Å²) in [7, 11) is 7.98. The monoisotopic (exact) mass is 1680 g/mol. The number of anilines is 6. The molecule has 3 N–H and O–H groups in total. The van der Waals surface area contributed by atoms with Crippen LogP contribution in [0.25, 0.3) is 134 Å². The smallest absolute Gasteiger partial charge is 0.423 e. The van der Waals surface area contributed by atoms with Crippen LogP contribution < -0.4 is 25.7 Å². The van der Waals surface area contributed by atoms with Crippen LogP contribution in [0.15, 0.2) is 405 Å². The van der Waals surface area contributed by atoms with Crippen LogP contribution in [-0.4, -0.2) is 47.8 Å². The lowest BCUT2D eigenvalue weighted by molar-refractivity contribution is 0.426. The minimum Gasteiger partial charge on any atom is -0.423 e. The number of para-hydroxylation sites is 4. The molecule has 592 valence electrons. The molecule has 0 aliphatic heterocycles. The maximum atomic E-state index is 11.1. The highest BCUT2D eigenvalue weighted by Crippen LogP contribution is 2.53. The van der Waals surface area contributed by atoms with Crippen LogP contribution in [0.2, 0.25) is 0 Å². The molecule has 0 fully saturated rings. The van der Waals surface area contributed by atoms with E-state index in [1.54, 1.807) is 6.07 Å². The first-order chi connectivity index (χ1) is 60.3. The summed E-state index contributed by atoms with van der Waals surface area (Å²) >= 11 is 3.61. The van der Waals surface area contributed by atoms with Crippen molar-refractivity contribution in [1.82, 2.24) is 9.13 Å². The fourth-order valence-corrected chi connectivity index (χ4v) is 18.7. The maximum Gasteiger partial charge on any atom is 0.488 e. The molecule has 0 amide bonds. The Morgan fingerprint density at radius 2 is 0.758 bits per heavy atom. The van der Waals surface area contributed by atoms with Gasteiger partial charge in [-0.2, -0.15) is 0 Å². The number of halogens is 2. The molecule has 124 heavy (non-hydrogen) atoms. The van der Waals surface area contributed by atoms with Crippen LogP contribution >= 0.6 is 22.7 Å². The van der Waals surface area contributed by atoms with Gasteiger partial charge in [0.05, 0.1) is 33.4 Å². The molecule has 0 saturated heterocycles. The zero-order valence-corrected chi connectivity index (χ0v) is 71.5. The van der Waals surface area contributed by atoms with Crippen molar-refractivity contribution in [2.24, 2.45) is 0 Å². The van der Waals surface area contributed by atoms with Gasteiger partial charge >= 0.3 is 7.12 Å². The predicted octanol–water partition coefficient (Wildman–Crippen LogP) is 27.3. The molecule has 7 nitrogen and oxygen atoms in total. The van der Waals surface area contributed by atoms with Gasteiger partial charge in [-0.3, -0.25) is 0 Å². The van der Waals surface area contributed by atoms with E-state index in [2.05, 4.69) is 421 Å². The number of hydrogen-bond acceptors (Lipinski definition) is 5. The molecule has 2 aromatic heterocycles. The van der Waals surface area contributed by atoms with Crippen LogP contribution in [0.3, 0.4) is 0 Å². The third kappa shape index (κ3) is 15.1. The van der Waals surface area contributed by atoms with E-state index in [1.165, 1.54) is 121 Å². The summed E-state index contributed by atoms with van der Waals surface area (Å²) in [4.78, 5) is 4.76. The minimum absolute atomic E-state index is 0.0530. The van der Waals surface area contributed by atoms with Crippen molar-refractivity contribution in [3.05, 3.63) is 438 Å². The summed E-state index contributed by atoms with van der Waals surface area (Å²) in [5.74, 6) is 0. The normalized spacial score (nSPS) is 12.8. The van der Waals surface area contributed by atoms with E-state index in [4.69, 9.17) is 20.3 Å². The number of nitrogens with zero attached hydrogens (tertiary/aromatic N) is 4. The van der Waals surface area contributed by atoms with E-state index in [0.717, 1.165) is 71.3 Å². The van der Waals surface area contributed by atoms with Gasteiger partial charge < -0.3 is 34.1 Å². The Kier molecular flexibility index (Phi) is 21.5. The van der Waals surface area contributed by atoms with E-state index in [9.17, 15) is 14.4 Å². The van der Waals surface area contributed by atoms with Gasteiger partial charge in [0.15, 0.2) is 5.22 Å². The second kappa shape index (κ2) is 33.3. The molecule has 13 heteroatoms. The zero-order chi connectivity index (χ0) is 85.0. The lowest BCUT2D eigenvalue weighted by Gasteiger charge is -2.28. The molecular weight excluding hydrogens is 1600 g/mol. The Morgan fingerprint density at radius 1 is 0.371 bits per heavy atom. The van der Waals surface area contributed by atoms with Crippen LogP contribution in [0, 0.1) is 5.16 Å². The summed E-state index contributed by atoms with van der Waals surface area (Å²) in [5, 5.41) is 34.8. The van der Waals surface area contributed by atoms with Gasteiger partial charge in [-0.05, 0) is 240 Å². The average molecular weight is 1680 g/mol. The van der Waals surface area contributed by atoms with Gasteiger partial charge in [-0.1, -0.05) is 281 Å². The molecule has 0 spiro atoms. The minimum atomic E-state index is -2.81. The van der Waals surface area contributed by atoms with Crippen LogP contribution in [0.5, 0.6) is 0 Å². The second-order valence-electron chi connectivity index (χ2n) is 32.9. The van der Waals surface area contributed by atoms with Gasteiger partial charge in [0.25, 0.3) is 0 Å². The Morgan fingerprint density at radius 3 is 1.28 bits per heavy atom. The Hall–Kier alpha value is -13.7. The standard InChI is InChI=1S/C55H40N2.C37H27BrN.C18H14BNO2.CH3B2FNP/c1-55(2)51-21-10-8-18-47(51)48-33-32-44(36-52(48)55)56(43-30-25-39(26-31-43)46-20-12-14-38-13-6-7-17-45(38)46)42-28-23-37(24-29-42)40-27-34-54-50(35-40)49-19-9-11-22-53(49)57(54)41-15-4-3-5-16-41;1-37(2)35-13-6-5-11-33(35)34-23-22-30(24-36(34)37)39(29-20-16-27(38)17-21-29)28-18-14-26(15-19-28)32-12-7-9-25-8-3-4-10-31(25)32;21-19(22)13-10-11-18-16(12-13)15-8-4-5-9-17(15)20(18)14-6-2-1-3-7-14;2-6(3,5)1-4/h3-36H,1-2H3;3-7,9-24H,1-2H3;1-12,21-22H;5H,1H2/q;+1;;. The largest absolute Gasteiger partial charge is 0.488 e. The van der Waals surface area contributed by atoms with Crippen molar-refractivity contribution < 1.29 is 14.4 Å². The van der Waals surface area contributed by atoms with E-state index in [-0.39, 0.29) is 10.8 Å². The number of benzene rings is 17. The Labute approximate surface area is 733 Å². The van der Waals surface area contributed by atoms with Gasteiger partial charge in [-0.15, -0.1) is 0 Å². The molecule has 0 unspecified atom stereocenters. The Balaban J connectivity index is 0.000000129. The molecule has 19 aromatic rings. The number of rotatable bonds is 13. The van der Waals surface area contributed by atoms with Crippen molar-refractivity contribution in [1.29, 1.82) is 5.16 Å². The first-order valence-corrected chi connectivity index (χ1v) is 44.6. The third-order valence-corrected chi connectivity index (χ3v) is 25.4. The molecule has 0 saturated carbocycles. The van der Waals surface area contributed by atoms with Crippen molar-refractivity contribution in [3.63, 3.8) is 0 Å². The highest BCUT2D eigenvalue weighted by Gasteiger charge is 2.38. The Bertz CT molecular complexity index is 7510. The van der Waals surface area contributed by atoms with E-state index in [0.29, 0.717) is 5.46 Å². The van der Waals surface area contributed by atoms with Gasteiger partial charge in [0.1, 0.15) is 21.5 Å². The number of aromatic nitrogens is 2. The van der Waals surface area contributed by atoms with Crippen molar-refractivity contribution in [2.45, 2.75) is 38.5 Å². The molecule has 0 bridgehead atoms. The molecule has 2 heterocycles. The fourth-order valence-electron chi connectivity index (χ4n) is 18.4. The maximum absolute atomic E-state index is 11.1. The van der Waals surface area contributed by atoms with Crippen molar-refractivity contribution in [3.8, 4) is 67.0 Å². The quantitative estimate of drug-likeness (QED) is 0.0610. The zero-order valence-electron chi connectivity index (χ0n) is 69.0. The molecule has 3 aliphatic rings. The summed E-state index contributed by atoms with van der Waals surface area (Å²) in [6, 6.07) is 139. The molecule has 3 aliphatic carbocycles. The van der Waals surface area contributed by atoms with E-state index < -0.39 is 20.3 Å². The summed E-state index contributed by atoms with van der Waals surface area (Å²) < 4.78 is 16.7. The second-order valence-corrected chi connectivity index (χ2v) is 35.9. The van der Waals surface area contributed by atoms with Crippen LogP contribution in [0.4, 0.5) is 38.5 Å². The predicted molar refractivity (Wildman–Crippen MR) is 527 cm³/mol. The number of nitrogens with one attached hydrogen (secondary N) is 1. The number of alkyl halides is 1. The fraction of sp³-hybridized carbons (Fsp3) is 0.0631. The topological polar surface area (TPSA) is 80.7 Å². The molecule has 17 aromatic carbocycles. The summed E-state index contributed by atoms with van der Waals surface area (Å²) in [6.45, 7) is 6.57. The average Bonchev–Trinajstić information content (AvgIpc) is 1.59. The molecule has 22 rings (SSSR count). The highest BCUT2D eigenvalue weighted by atomic mass is 79.9. The van der Waals surface area contributed by atoms with Crippen LogP contribution in [-0.2, 0) is 10.8 Å². The molecular formula is C111H84B3BrFN5O2P+. The van der Waals surface area contributed by atoms with Crippen molar-refractivity contribution in [2.75, 3.05) is 16.2 Å². The lowest BCUT2D eigenvalue weighted by Crippen LogP contribution is -2.29. The number of hydrogen-bond donors (Lipinski definition) is 3.